The van der Waals surface area contributed by atoms with Crippen molar-refractivity contribution in [2.75, 3.05) is 13.1 Å². The number of pyridine rings is 1. The first-order valence-corrected chi connectivity index (χ1v) is 8.61. The highest BCUT2D eigenvalue weighted by Gasteiger charge is 2.30. The summed E-state index contributed by atoms with van der Waals surface area (Å²) in [6, 6.07) is 0. The van der Waals surface area contributed by atoms with Gasteiger partial charge in [0.2, 0.25) is 0 Å². The van der Waals surface area contributed by atoms with Gasteiger partial charge in [0, 0.05) is 18.1 Å². The summed E-state index contributed by atoms with van der Waals surface area (Å²) in [6.45, 7) is 6.71. The number of halogens is 1. The largest absolute Gasteiger partial charge is 0.444 e. The van der Waals surface area contributed by atoms with Crippen LogP contribution in [0.5, 0.6) is 0 Å². The number of nitrogens with zero attached hydrogens (tertiary/aromatic N) is 4. The minimum atomic E-state index is -0.506. The summed E-state index contributed by atoms with van der Waals surface area (Å²) in [6.07, 6.45) is 2.55. The maximum Gasteiger partial charge on any atom is 0.410 e. The molecule has 0 spiro atoms. The molecule has 1 fully saturated rings. The molecule has 2 aromatic heterocycles. The van der Waals surface area contributed by atoms with Crippen LogP contribution in [0, 0.1) is 0 Å². The molecule has 3 rings (SSSR count). The van der Waals surface area contributed by atoms with Crippen molar-refractivity contribution in [1.82, 2.24) is 19.5 Å². The molecule has 0 bridgehead atoms. The highest BCUT2D eigenvalue weighted by Crippen LogP contribution is 2.31. The van der Waals surface area contributed by atoms with Gasteiger partial charge in [0.05, 0.1) is 0 Å². The lowest BCUT2D eigenvalue weighted by Gasteiger charge is -2.34. The van der Waals surface area contributed by atoms with Crippen LogP contribution in [0.25, 0.3) is 5.65 Å². The third kappa shape index (κ3) is 3.50. The molecule has 0 atom stereocenters. The van der Waals surface area contributed by atoms with Gasteiger partial charge >= 0.3 is 6.09 Å². The molecule has 1 saturated heterocycles. The zero-order valence-electron chi connectivity index (χ0n) is 14.6. The number of hydrogen-bond donors (Lipinski definition) is 0. The summed E-state index contributed by atoms with van der Waals surface area (Å²) in [5, 5.41) is 4.54. The van der Waals surface area contributed by atoms with Gasteiger partial charge in [-0.05, 0) is 56.2 Å². The fourth-order valence-corrected chi connectivity index (χ4v) is 3.47. The van der Waals surface area contributed by atoms with Crippen LogP contribution in [-0.2, 0) is 4.74 Å². The first-order valence-electron chi connectivity index (χ1n) is 8.23. The Morgan fingerprint density at radius 2 is 1.96 bits per heavy atom. The Hall–Kier alpha value is -1.69. The monoisotopic (exact) mass is 356 g/mol. The number of likely N-dealkylation sites (tertiary alicyclic amines) is 1. The van der Waals surface area contributed by atoms with Crippen LogP contribution in [0.4, 0.5) is 4.79 Å². The van der Waals surface area contributed by atoms with Gasteiger partial charge < -0.3 is 9.64 Å². The number of hydrogen-bond acceptors (Lipinski definition) is 4. The number of fused-ring (bicyclic) bond motifs is 1. The van der Waals surface area contributed by atoms with Crippen molar-refractivity contribution in [3.63, 3.8) is 0 Å². The molecule has 25 heavy (non-hydrogen) atoms. The SMILES string of the molecule is [B]c1c(Cl)c(C2CCN(C(=O)OC(C)(C)C)CC2)c([B])n2ncnc12. The lowest BCUT2D eigenvalue weighted by atomic mass is 9.80. The zero-order valence-corrected chi connectivity index (χ0v) is 15.4. The summed E-state index contributed by atoms with van der Waals surface area (Å²) in [7, 11) is 12.3. The summed E-state index contributed by atoms with van der Waals surface area (Å²) in [5.74, 6) is 0.0992. The van der Waals surface area contributed by atoms with Gasteiger partial charge in [-0.1, -0.05) is 11.6 Å². The predicted octanol–water partition coefficient (Wildman–Crippen LogP) is 1.08. The van der Waals surface area contributed by atoms with Crippen molar-refractivity contribution >= 4 is 50.1 Å². The Morgan fingerprint density at radius 3 is 2.56 bits per heavy atom. The van der Waals surface area contributed by atoms with Crippen LogP contribution >= 0.6 is 11.6 Å². The van der Waals surface area contributed by atoms with Crippen LogP contribution in [0.2, 0.25) is 5.02 Å². The second-order valence-corrected chi connectivity index (χ2v) is 7.64. The van der Waals surface area contributed by atoms with E-state index in [0.717, 1.165) is 18.4 Å². The van der Waals surface area contributed by atoms with Gasteiger partial charge in [0.15, 0.2) is 0 Å². The fourth-order valence-electron chi connectivity index (χ4n) is 3.14. The standard InChI is InChI=1S/C16H19B2ClN4O2/c1-16(2,3)25-15(24)22-6-4-9(5-7-22)10-12(19)11(17)14-20-8-21-23(14)13(10)18/h8-9H,4-7H2,1-3H3. The van der Waals surface area contributed by atoms with E-state index < -0.39 is 5.60 Å². The predicted molar refractivity (Wildman–Crippen MR) is 98.6 cm³/mol. The molecule has 6 nitrogen and oxygen atoms in total. The fraction of sp³-hybridized carbons (Fsp3) is 0.562. The molecule has 0 saturated carbocycles. The Labute approximate surface area is 154 Å². The number of carbonyl (C=O) groups excluding carboxylic acids is 1. The number of carbonyl (C=O) groups is 1. The maximum absolute atomic E-state index is 12.2. The van der Waals surface area contributed by atoms with Crippen LogP contribution in [0.1, 0.15) is 45.1 Å². The Kier molecular flexibility index (Phi) is 4.75. The summed E-state index contributed by atoms with van der Waals surface area (Å²) in [5.41, 5.74) is 1.55. The second-order valence-electron chi connectivity index (χ2n) is 7.26. The number of amides is 1. The molecular formula is C16H19B2ClN4O2. The highest BCUT2D eigenvalue weighted by atomic mass is 35.5. The van der Waals surface area contributed by atoms with Crippen LogP contribution in [-0.4, -0.2) is 60.0 Å². The van der Waals surface area contributed by atoms with E-state index in [1.54, 1.807) is 4.90 Å². The average Bonchev–Trinajstić information content (AvgIpc) is 3.02. The van der Waals surface area contributed by atoms with E-state index in [9.17, 15) is 4.79 Å². The van der Waals surface area contributed by atoms with E-state index in [4.69, 9.17) is 32.0 Å². The van der Waals surface area contributed by atoms with Crippen LogP contribution in [0.15, 0.2) is 6.33 Å². The maximum atomic E-state index is 12.2. The molecule has 1 aliphatic heterocycles. The second kappa shape index (κ2) is 6.56. The minimum absolute atomic E-state index is 0.0992. The van der Waals surface area contributed by atoms with E-state index >= 15 is 0 Å². The first-order chi connectivity index (χ1) is 11.7. The molecule has 4 radical (unpaired) electrons. The average molecular weight is 356 g/mol. The summed E-state index contributed by atoms with van der Waals surface area (Å²) >= 11 is 6.46. The smallest absolute Gasteiger partial charge is 0.410 e. The Morgan fingerprint density at radius 1 is 1.32 bits per heavy atom. The summed E-state index contributed by atoms with van der Waals surface area (Å²) < 4.78 is 6.94. The Balaban J connectivity index is 1.80. The van der Waals surface area contributed by atoms with E-state index in [2.05, 4.69) is 10.1 Å². The summed E-state index contributed by atoms with van der Waals surface area (Å²) in [4.78, 5) is 18.0. The van der Waals surface area contributed by atoms with E-state index in [1.807, 2.05) is 20.8 Å². The van der Waals surface area contributed by atoms with Crippen molar-refractivity contribution in [3.8, 4) is 0 Å². The third-order valence-corrected chi connectivity index (χ3v) is 4.73. The topological polar surface area (TPSA) is 59.7 Å². The minimum Gasteiger partial charge on any atom is -0.444 e. The van der Waals surface area contributed by atoms with Gasteiger partial charge in [-0.15, -0.1) is 0 Å². The normalized spacial score (nSPS) is 16.4. The number of aromatic nitrogens is 3. The molecule has 0 N–H and O–H groups in total. The molecule has 9 heteroatoms. The van der Waals surface area contributed by atoms with Crippen molar-refractivity contribution in [2.24, 2.45) is 0 Å². The first kappa shape index (κ1) is 18.1. The third-order valence-electron chi connectivity index (χ3n) is 4.32. The zero-order chi connectivity index (χ0) is 18.4. The van der Waals surface area contributed by atoms with E-state index in [1.165, 1.54) is 10.8 Å². The molecule has 0 aromatic carbocycles. The number of piperidine rings is 1. The van der Waals surface area contributed by atoms with Gasteiger partial charge in [0.25, 0.3) is 0 Å². The van der Waals surface area contributed by atoms with Gasteiger partial charge in [-0.25, -0.2) is 14.3 Å². The van der Waals surface area contributed by atoms with Gasteiger partial charge in [-0.3, -0.25) is 0 Å². The molecule has 1 aliphatic rings. The molecule has 0 unspecified atom stereocenters. The van der Waals surface area contributed by atoms with Crippen molar-refractivity contribution in [2.45, 2.75) is 45.1 Å². The lowest BCUT2D eigenvalue weighted by Crippen LogP contribution is -2.42. The molecule has 1 amide bonds. The lowest BCUT2D eigenvalue weighted by molar-refractivity contribution is 0.0205. The van der Waals surface area contributed by atoms with E-state index in [-0.39, 0.29) is 12.0 Å². The number of rotatable bonds is 1. The van der Waals surface area contributed by atoms with Crippen molar-refractivity contribution < 1.29 is 9.53 Å². The molecular weight excluding hydrogens is 337 g/mol. The molecule has 0 aliphatic carbocycles. The number of ether oxygens (including phenoxy) is 1. The molecule has 3 heterocycles. The van der Waals surface area contributed by atoms with Crippen molar-refractivity contribution in [3.05, 3.63) is 16.9 Å². The van der Waals surface area contributed by atoms with Crippen LogP contribution in [0.3, 0.4) is 0 Å². The van der Waals surface area contributed by atoms with Gasteiger partial charge in [0.1, 0.15) is 33.3 Å². The molecule has 128 valence electrons. The van der Waals surface area contributed by atoms with Crippen molar-refractivity contribution in [1.29, 1.82) is 0 Å². The van der Waals surface area contributed by atoms with E-state index in [0.29, 0.717) is 34.8 Å². The van der Waals surface area contributed by atoms with Crippen LogP contribution < -0.4 is 11.1 Å². The quantitative estimate of drug-likeness (QED) is 0.718. The van der Waals surface area contributed by atoms with Gasteiger partial charge in [-0.2, -0.15) is 5.10 Å². The Bertz CT molecular complexity index is 811. The highest BCUT2D eigenvalue weighted by molar-refractivity contribution is 6.49. The molecule has 2 aromatic rings.